The lowest BCUT2D eigenvalue weighted by Gasteiger charge is -2.26. The first-order chi connectivity index (χ1) is 26.0. The van der Waals surface area contributed by atoms with Gasteiger partial charge in [-0.25, -0.2) is 0 Å². The third-order valence-electron chi connectivity index (χ3n) is 10.4. The molecule has 0 bridgehead atoms. The molecule has 0 atom stereocenters. The number of rotatable bonds is 14. The second kappa shape index (κ2) is 16.0. The molecule has 4 aromatic rings. The molecule has 0 aromatic heterocycles. The minimum absolute atomic E-state index is 0.109. The second-order valence-electron chi connectivity index (χ2n) is 14.8. The van der Waals surface area contributed by atoms with Crippen molar-refractivity contribution >= 4 is 81.9 Å². The molecule has 6 rings (SSSR count). The number of carbonyl (C=O) groups excluding carboxylic acids is 2. The van der Waals surface area contributed by atoms with Gasteiger partial charge in [-0.15, -0.1) is 0 Å². The number of carbonyl (C=O) groups is 4. The summed E-state index contributed by atoms with van der Waals surface area (Å²) in [5.74, 6) is -2.96. The van der Waals surface area contributed by atoms with E-state index in [1.54, 1.807) is 0 Å². The largest absolute Gasteiger partial charge is 0.480 e. The second-order valence-corrected chi connectivity index (χ2v) is 17.3. The Labute approximate surface area is 344 Å². The normalized spacial score (nSPS) is 15.2. The maximum Gasteiger partial charge on any atom is 0.322 e. The lowest BCUT2D eigenvalue weighted by atomic mass is 9.84. The highest BCUT2D eigenvalue weighted by atomic mass is 35.5. The van der Waals surface area contributed by atoms with Gasteiger partial charge in [0.2, 0.25) is 11.8 Å². The number of hydrogen-bond donors (Lipinski definition) is 4. The van der Waals surface area contributed by atoms with Gasteiger partial charge in [0.05, 0.1) is 30.9 Å². The first-order valence-electron chi connectivity index (χ1n) is 18.0. The van der Waals surface area contributed by atoms with E-state index in [0.29, 0.717) is 57.7 Å². The van der Waals surface area contributed by atoms with Crippen molar-refractivity contribution in [3.05, 3.63) is 103 Å². The maximum atomic E-state index is 13.7. The Hall–Kier alpha value is -3.73. The van der Waals surface area contributed by atoms with E-state index < -0.39 is 47.7 Å². The van der Waals surface area contributed by atoms with Crippen molar-refractivity contribution in [2.75, 3.05) is 13.1 Å². The van der Waals surface area contributed by atoms with E-state index in [0.717, 1.165) is 22.3 Å². The number of amides is 2. The highest BCUT2D eigenvalue weighted by Crippen LogP contribution is 2.60. The Morgan fingerprint density at radius 2 is 0.945 bits per heavy atom. The number of halogens is 4. The van der Waals surface area contributed by atoms with Crippen LogP contribution in [0.5, 0.6) is 0 Å². The van der Waals surface area contributed by atoms with Gasteiger partial charge < -0.3 is 20.8 Å². The number of carboxylic acids is 2. The van der Waals surface area contributed by atoms with E-state index >= 15 is 0 Å². The van der Waals surface area contributed by atoms with Crippen LogP contribution in [0, 0.1) is 0 Å². The first kappa shape index (κ1) is 40.9. The molecule has 2 amide bonds. The molecule has 4 N–H and O–H groups in total. The van der Waals surface area contributed by atoms with Gasteiger partial charge >= 0.3 is 11.9 Å². The van der Waals surface area contributed by atoms with Crippen molar-refractivity contribution in [3.63, 3.8) is 0 Å². The molecular weight excluding hydrogens is 802 g/mol. The van der Waals surface area contributed by atoms with Gasteiger partial charge in [-0.05, 0) is 94.2 Å². The zero-order valence-corrected chi connectivity index (χ0v) is 34.5. The number of nitrogens with one attached hydrogen (secondary N) is 2. The van der Waals surface area contributed by atoms with Crippen LogP contribution in [0.15, 0.2) is 70.5 Å². The Bertz CT molecular complexity index is 2080. The van der Waals surface area contributed by atoms with E-state index in [2.05, 4.69) is 38.3 Å². The van der Waals surface area contributed by atoms with Crippen LogP contribution in [0.4, 0.5) is 0 Å². The van der Waals surface area contributed by atoms with E-state index in [9.17, 15) is 29.4 Å². The highest BCUT2D eigenvalue weighted by Gasteiger charge is 2.55. The summed E-state index contributed by atoms with van der Waals surface area (Å²) in [5.41, 5.74) is 4.08. The van der Waals surface area contributed by atoms with Crippen LogP contribution in [0.3, 0.4) is 0 Å². The van der Waals surface area contributed by atoms with Gasteiger partial charge in [0.15, 0.2) is 0 Å². The third-order valence-corrected chi connectivity index (χ3v) is 13.5. The van der Waals surface area contributed by atoms with Gasteiger partial charge in [-0.1, -0.05) is 134 Å². The summed E-state index contributed by atoms with van der Waals surface area (Å²) >= 11 is 30.0. The molecule has 8 nitrogen and oxygen atoms in total. The summed E-state index contributed by atoms with van der Waals surface area (Å²) in [6, 6.07) is 19.5. The van der Waals surface area contributed by atoms with Crippen LogP contribution in [-0.2, 0) is 30.0 Å². The van der Waals surface area contributed by atoms with Gasteiger partial charge in [0.25, 0.3) is 0 Å². The Balaban J connectivity index is 1.56. The highest BCUT2D eigenvalue weighted by molar-refractivity contribution is 7.99. The topological polar surface area (TPSA) is 133 Å². The SMILES string of the molecule is CC(C)c1ccccc1-c1cc(Sc2cc(-c3ccccc3C(C)C)c(C3(C(=O)NCC(=O)O)CC3)c(Cl)c2Cl)c(Cl)c(Cl)c1C1(C(=O)NCC(=O)O)CC1. The summed E-state index contributed by atoms with van der Waals surface area (Å²) in [7, 11) is 0. The maximum absolute atomic E-state index is 13.7. The van der Waals surface area contributed by atoms with Crippen molar-refractivity contribution < 1.29 is 29.4 Å². The quantitative estimate of drug-likeness (QED) is 0.0994. The lowest BCUT2D eigenvalue weighted by molar-refractivity contribution is -0.138. The first-order valence-corrected chi connectivity index (χ1v) is 20.3. The summed E-state index contributed by atoms with van der Waals surface area (Å²) < 4.78 is 0. The summed E-state index contributed by atoms with van der Waals surface area (Å²) in [4.78, 5) is 51.2. The van der Waals surface area contributed by atoms with Crippen LogP contribution >= 0.6 is 58.2 Å². The van der Waals surface area contributed by atoms with E-state index in [1.807, 2.05) is 60.7 Å². The van der Waals surface area contributed by atoms with Crippen molar-refractivity contribution in [1.29, 1.82) is 0 Å². The molecule has 55 heavy (non-hydrogen) atoms. The predicted octanol–water partition coefficient (Wildman–Crippen LogP) is 10.5. The number of carboxylic acid groups (broad SMARTS) is 2. The Kier molecular flexibility index (Phi) is 11.9. The van der Waals surface area contributed by atoms with Crippen LogP contribution in [0.1, 0.15) is 87.5 Å². The molecule has 2 aliphatic carbocycles. The van der Waals surface area contributed by atoms with Crippen molar-refractivity contribution in [1.82, 2.24) is 10.6 Å². The fraction of sp³-hybridized carbons (Fsp3) is 0.333. The zero-order chi connectivity index (χ0) is 40.0. The molecule has 0 spiro atoms. The van der Waals surface area contributed by atoms with Crippen molar-refractivity contribution in [3.8, 4) is 22.3 Å². The average molecular weight is 843 g/mol. The van der Waals surface area contributed by atoms with Crippen molar-refractivity contribution in [2.45, 2.75) is 85.8 Å². The molecule has 2 fully saturated rings. The molecule has 288 valence electrons. The molecule has 13 heteroatoms. The number of benzene rings is 4. The van der Waals surface area contributed by atoms with Gasteiger partial charge in [-0.3, -0.25) is 19.2 Å². The molecule has 2 saturated carbocycles. The number of aliphatic carboxylic acids is 2. The van der Waals surface area contributed by atoms with E-state index in [1.165, 1.54) is 11.8 Å². The Morgan fingerprint density at radius 1 is 0.600 bits per heavy atom. The van der Waals surface area contributed by atoms with Crippen molar-refractivity contribution in [2.24, 2.45) is 0 Å². The monoisotopic (exact) mass is 840 g/mol. The van der Waals surface area contributed by atoms with E-state index in [4.69, 9.17) is 46.4 Å². The standard InChI is InChI=1S/C42H40Cl4N2O6S/c1-21(2)23-9-5-7-11-25(23)27-17-29(35(43)37(45)33(27)41(13-14-41)39(53)47-19-31(49)50)55-30-18-28(26-12-8-6-10-24(26)22(3)4)34(38(46)36(30)44)42(15-16-42)40(54)48-20-32(51)52/h5-12,17-18,21-22H,13-16,19-20H2,1-4H3,(H,47,53)(H,48,54)(H,49,50)(H,51,52). The predicted molar refractivity (Wildman–Crippen MR) is 219 cm³/mol. The van der Waals surface area contributed by atoms with Crippen LogP contribution in [0.2, 0.25) is 20.1 Å². The third kappa shape index (κ3) is 7.83. The minimum atomic E-state index is -1.16. The average Bonchev–Trinajstić information content (AvgIpc) is 4.09. The van der Waals surface area contributed by atoms with E-state index in [-0.39, 0.29) is 31.9 Å². The Morgan fingerprint density at radius 3 is 1.25 bits per heavy atom. The number of hydrogen-bond acceptors (Lipinski definition) is 5. The molecular formula is C42H40Cl4N2O6S. The molecule has 0 unspecified atom stereocenters. The molecule has 0 aliphatic heterocycles. The minimum Gasteiger partial charge on any atom is -0.480 e. The zero-order valence-electron chi connectivity index (χ0n) is 30.6. The van der Waals surface area contributed by atoms with Gasteiger partial charge in [0.1, 0.15) is 13.1 Å². The smallest absolute Gasteiger partial charge is 0.322 e. The van der Waals surface area contributed by atoms with Crippen LogP contribution in [-0.4, -0.2) is 47.1 Å². The molecule has 4 aromatic carbocycles. The van der Waals surface area contributed by atoms with Crippen LogP contribution < -0.4 is 10.6 Å². The molecule has 0 radical (unpaired) electrons. The summed E-state index contributed by atoms with van der Waals surface area (Å²) in [6.45, 7) is 7.24. The van der Waals surface area contributed by atoms with Gasteiger partial charge in [0, 0.05) is 9.79 Å². The fourth-order valence-electron chi connectivity index (χ4n) is 7.41. The van der Waals surface area contributed by atoms with Gasteiger partial charge in [-0.2, -0.15) is 0 Å². The molecule has 0 saturated heterocycles. The fourth-order valence-corrected chi connectivity index (χ4v) is 9.79. The lowest BCUT2D eigenvalue weighted by Crippen LogP contribution is -2.38. The summed E-state index contributed by atoms with van der Waals surface area (Å²) in [5, 5.41) is 24.5. The molecule has 0 heterocycles. The summed E-state index contributed by atoms with van der Waals surface area (Å²) in [6.07, 6.45) is 1.84. The molecule has 2 aliphatic rings. The van der Waals surface area contributed by atoms with Crippen LogP contribution in [0.25, 0.3) is 22.3 Å².